The van der Waals surface area contributed by atoms with E-state index in [4.69, 9.17) is 8.92 Å². The van der Waals surface area contributed by atoms with E-state index in [9.17, 15) is 23.1 Å². The van der Waals surface area contributed by atoms with Gasteiger partial charge >= 0.3 is 5.97 Å². The molecule has 1 rings (SSSR count). The molecule has 0 radical (unpaired) electrons. The molecule has 9 heteroatoms. The average Bonchev–Trinajstić information content (AvgIpc) is 2.65. The zero-order chi connectivity index (χ0) is 22.1. The molecular formula is C20H31NO7S. The molecule has 164 valence electrons. The molecule has 0 aliphatic carbocycles. The number of carbonyl (C=O) groups is 2. The van der Waals surface area contributed by atoms with Crippen LogP contribution in [0, 0.1) is 5.41 Å². The topological polar surface area (TPSA) is 119 Å². The van der Waals surface area contributed by atoms with Gasteiger partial charge in [0.15, 0.2) is 5.60 Å². The Morgan fingerprint density at radius 1 is 1.17 bits per heavy atom. The van der Waals surface area contributed by atoms with Crippen molar-refractivity contribution in [1.82, 2.24) is 5.32 Å². The van der Waals surface area contributed by atoms with Crippen molar-refractivity contribution in [3.63, 3.8) is 0 Å². The maximum absolute atomic E-state index is 12.2. The van der Waals surface area contributed by atoms with Crippen LogP contribution < -0.4 is 5.32 Å². The van der Waals surface area contributed by atoms with E-state index in [0.717, 1.165) is 5.56 Å². The van der Waals surface area contributed by atoms with E-state index in [1.165, 1.54) is 6.92 Å². The van der Waals surface area contributed by atoms with Crippen LogP contribution in [0.1, 0.15) is 46.1 Å². The lowest BCUT2D eigenvalue weighted by molar-refractivity contribution is -0.193. The van der Waals surface area contributed by atoms with Crippen LogP contribution in [0.4, 0.5) is 0 Å². The first-order valence-corrected chi connectivity index (χ1v) is 11.1. The molecule has 0 fully saturated rings. The molecule has 0 unspecified atom stereocenters. The second-order valence-electron chi connectivity index (χ2n) is 7.50. The van der Waals surface area contributed by atoms with Crippen molar-refractivity contribution in [1.29, 1.82) is 0 Å². The summed E-state index contributed by atoms with van der Waals surface area (Å²) in [6.07, 6.45) is 0.332. The van der Waals surface area contributed by atoms with E-state index < -0.39 is 27.1 Å². The van der Waals surface area contributed by atoms with Crippen molar-refractivity contribution >= 4 is 22.0 Å². The summed E-state index contributed by atoms with van der Waals surface area (Å²) in [5.41, 5.74) is -1.95. The molecule has 0 aliphatic heterocycles. The number of amides is 1. The van der Waals surface area contributed by atoms with Gasteiger partial charge in [-0.2, -0.15) is 8.42 Å². The Morgan fingerprint density at radius 2 is 1.79 bits per heavy atom. The lowest BCUT2D eigenvalue weighted by Crippen LogP contribution is -2.55. The largest absolute Gasteiger partial charge is 0.479 e. The Labute approximate surface area is 172 Å². The third kappa shape index (κ3) is 7.41. The van der Waals surface area contributed by atoms with Gasteiger partial charge in [0.2, 0.25) is 5.91 Å². The van der Waals surface area contributed by atoms with Crippen LogP contribution in [0.5, 0.6) is 0 Å². The maximum atomic E-state index is 12.2. The van der Waals surface area contributed by atoms with Crippen LogP contribution in [0.25, 0.3) is 0 Å². The Balaban J connectivity index is 2.83. The summed E-state index contributed by atoms with van der Waals surface area (Å²) in [5, 5.41) is 12.4. The van der Waals surface area contributed by atoms with Crippen LogP contribution in [0.3, 0.4) is 0 Å². The van der Waals surface area contributed by atoms with Crippen LogP contribution in [-0.4, -0.2) is 49.9 Å². The van der Waals surface area contributed by atoms with Gasteiger partial charge in [-0.3, -0.25) is 8.98 Å². The zero-order valence-corrected chi connectivity index (χ0v) is 18.3. The van der Waals surface area contributed by atoms with E-state index >= 15 is 0 Å². The molecule has 1 aromatic rings. The predicted molar refractivity (Wildman–Crippen MR) is 109 cm³/mol. The Hall–Kier alpha value is -1.97. The van der Waals surface area contributed by atoms with Crippen molar-refractivity contribution in [2.45, 2.75) is 52.7 Å². The van der Waals surface area contributed by atoms with E-state index in [-0.39, 0.29) is 44.3 Å². The van der Waals surface area contributed by atoms with Crippen LogP contribution in [-0.2, 0) is 35.2 Å². The number of aliphatic carboxylic acids is 1. The van der Waals surface area contributed by atoms with Gasteiger partial charge in [-0.05, 0) is 18.4 Å². The van der Waals surface area contributed by atoms with Crippen molar-refractivity contribution in [3.8, 4) is 0 Å². The first-order chi connectivity index (χ1) is 13.5. The third-order valence-electron chi connectivity index (χ3n) is 4.81. The lowest BCUT2D eigenvalue weighted by atomic mass is 9.73. The molecule has 0 saturated heterocycles. The summed E-state index contributed by atoms with van der Waals surface area (Å²) >= 11 is 0. The number of ether oxygens (including phenoxy) is 1. The zero-order valence-electron chi connectivity index (χ0n) is 17.4. The van der Waals surface area contributed by atoms with Crippen molar-refractivity contribution in [3.05, 3.63) is 35.9 Å². The van der Waals surface area contributed by atoms with Gasteiger partial charge in [-0.15, -0.1) is 0 Å². The predicted octanol–water partition coefficient (Wildman–Crippen LogP) is 2.34. The normalized spacial score (nSPS) is 14.2. The van der Waals surface area contributed by atoms with Crippen LogP contribution >= 0.6 is 0 Å². The number of hydrogen-bond donors (Lipinski definition) is 2. The molecule has 0 aliphatic rings. The number of benzene rings is 1. The molecular weight excluding hydrogens is 398 g/mol. The summed E-state index contributed by atoms with van der Waals surface area (Å²) in [5.74, 6) is -1.69. The summed E-state index contributed by atoms with van der Waals surface area (Å²) in [6, 6.07) is 9.16. The molecule has 1 atom stereocenters. The highest BCUT2D eigenvalue weighted by Gasteiger charge is 2.52. The Bertz CT molecular complexity index is 777. The average molecular weight is 430 g/mol. The molecule has 8 nitrogen and oxygen atoms in total. The summed E-state index contributed by atoms with van der Waals surface area (Å²) in [6.45, 7) is 6.21. The molecule has 29 heavy (non-hydrogen) atoms. The van der Waals surface area contributed by atoms with Crippen molar-refractivity contribution < 1.29 is 32.0 Å². The van der Waals surface area contributed by atoms with Gasteiger partial charge in [0, 0.05) is 18.9 Å². The van der Waals surface area contributed by atoms with E-state index in [2.05, 4.69) is 5.32 Å². The molecule has 1 aromatic carbocycles. The molecule has 0 saturated carbocycles. The van der Waals surface area contributed by atoms with Gasteiger partial charge in [0.05, 0.1) is 19.0 Å². The molecule has 2 N–H and O–H groups in total. The number of rotatable bonds is 13. The minimum atomic E-state index is -3.87. The standard InChI is InChI=1S/C20H31NO7S/c1-5-20(18(23)24,27-14-17-10-7-6-8-11-17)19(3,4)15-28-29(25,26)13-9-12-21-16(2)22/h6-8,10-11H,5,9,12-15H2,1-4H3,(H,21,22)(H,23,24)/t20-/m1/s1. The number of nitrogens with one attached hydrogen (secondary N) is 1. The highest BCUT2D eigenvalue weighted by molar-refractivity contribution is 7.86. The van der Waals surface area contributed by atoms with E-state index in [1.807, 2.05) is 30.3 Å². The fourth-order valence-corrected chi connectivity index (χ4v) is 4.08. The molecule has 0 heterocycles. The second kappa shape index (κ2) is 10.7. The molecule has 0 spiro atoms. The van der Waals surface area contributed by atoms with Gasteiger partial charge in [0.1, 0.15) is 0 Å². The molecule has 0 bridgehead atoms. The quantitative estimate of drug-likeness (QED) is 0.365. The van der Waals surface area contributed by atoms with Crippen molar-refractivity contribution in [2.75, 3.05) is 18.9 Å². The van der Waals surface area contributed by atoms with Gasteiger partial charge in [0.25, 0.3) is 10.1 Å². The minimum absolute atomic E-state index is 0.0773. The third-order valence-corrected chi connectivity index (χ3v) is 6.07. The maximum Gasteiger partial charge on any atom is 0.336 e. The Morgan fingerprint density at radius 3 is 2.31 bits per heavy atom. The summed E-state index contributed by atoms with van der Waals surface area (Å²) in [7, 11) is -3.87. The number of carboxylic acids is 1. The first-order valence-electron chi connectivity index (χ1n) is 9.48. The number of hydrogen-bond acceptors (Lipinski definition) is 6. The number of carbonyl (C=O) groups excluding carboxylic acids is 1. The highest BCUT2D eigenvalue weighted by Crippen LogP contribution is 2.39. The van der Waals surface area contributed by atoms with E-state index in [1.54, 1.807) is 20.8 Å². The van der Waals surface area contributed by atoms with Crippen LogP contribution in [0.15, 0.2) is 30.3 Å². The fraction of sp³-hybridized carbons (Fsp3) is 0.600. The fourth-order valence-electron chi connectivity index (χ4n) is 2.99. The van der Waals surface area contributed by atoms with Crippen molar-refractivity contribution in [2.24, 2.45) is 5.41 Å². The lowest BCUT2D eigenvalue weighted by Gasteiger charge is -2.42. The summed E-state index contributed by atoms with van der Waals surface area (Å²) in [4.78, 5) is 23.0. The number of carboxylic acid groups (broad SMARTS) is 1. The molecule has 1 amide bonds. The SMILES string of the molecule is CC[C@@](OCc1ccccc1)(C(=O)O)C(C)(C)COS(=O)(=O)CCCNC(C)=O. The highest BCUT2D eigenvalue weighted by atomic mass is 32.2. The van der Waals surface area contributed by atoms with Gasteiger partial charge in [-0.1, -0.05) is 51.1 Å². The Kier molecular flexibility index (Phi) is 9.25. The monoisotopic (exact) mass is 429 g/mol. The first kappa shape index (κ1) is 25.1. The van der Waals surface area contributed by atoms with E-state index in [0.29, 0.717) is 0 Å². The second-order valence-corrected chi connectivity index (χ2v) is 9.26. The smallest absolute Gasteiger partial charge is 0.336 e. The summed E-state index contributed by atoms with van der Waals surface area (Å²) < 4.78 is 35.3. The molecule has 0 aromatic heterocycles. The van der Waals surface area contributed by atoms with Gasteiger partial charge < -0.3 is 15.2 Å². The van der Waals surface area contributed by atoms with Crippen LogP contribution in [0.2, 0.25) is 0 Å². The van der Waals surface area contributed by atoms with Gasteiger partial charge in [-0.25, -0.2) is 4.79 Å². The minimum Gasteiger partial charge on any atom is -0.479 e.